The van der Waals surface area contributed by atoms with Crippen LogP contribution in [0.3, 0.4) is 0 Å². The fourth-order valence-corrected chi connectivity index (χ4v) is 2.81. The summed E-state index contributed by atoms with van der Waals surface area (Å²) < 4.78 is 0. The Labute approximate surface area is 103 Å². The van der Waals surface area contributed by atoms with Gasteiger partial charge in [-0.15, -0.1) is 11.8 Å². The molecule has 0 saturated carbocycles. The summed E-state index contributed by atoms with van der Waals surface area (Å²) in [5.41, 5.74) is -0.972. The van der Waals surface area contributed by atoms with Gasteiger partial charge in [-0.2, -0.15) is 0 Å². The third kappa shape index (κ3) is 2.16. The van der Waals surface area contributed by atoms with Crippen molar-refractivity contribution in [2.75, 3.05) is 18.2 Å². The zero-order valence-corrected chi connectivity index (χ0v) is 10.6. The van der Waals surface area contributed by atoms with E-state index in [-0.39, 0.29) is 18.5 Å². The van der Waals surface area contributed by atoms with Crippen LogP contribution in [0.5, 0.6) is 0 Å². The summed E-state index contributed by atoms with van der Waals surface area (Å²) in [6, 6.07) is -0.294. The standard InChI is InChI=1S/C10H15N3O3S/c1-10(2)9(16)12-7(14)3-13(10)8(15)6-4-17-5-11-6/h6,11H,3-5H2,1-2H3,(H,12,14,16). The molecule has 2 saturated heterocycles. The molecule has 1 atom stereocenters. The highest BCUT2D eigenvalue weighted by Crippen LogP contribution is 2.21. The molecule has 0 aromatic heterocycles. The van der Waals surface area contributed by atoms with Gasteiger partial charge in [0.1, 0.15) is 12.1 Å². The van der Waals surface area contributed by atoms with Crippen LogP contribution >= 0.6 is 11.8 Å². The van der Waals surface area contributed by atoms with Gasteiger partial charge in [-0.3, -0.25) is 25.0 Å². The second-order valence-electron chi connectivity index (χ2n) is 4.63. The highest BCUT2D eigenvalue weighted by molar-refractivity contribution is 7.99. The molecule has 2 N–H and O–H groups in total. The second kappa shape index (κ2) is 4.30. The molecule has 3 amide bonds. The van der Waals surface area contributed by atoms with Gasteiger partial charge >= 0.3 is 0 Å². The van der Waals surface area contributed by atoms with Crippen molar-refractivity contribution in [1.29, 1.82) is 0 Å². The summed E-state index contributed by atoms with van der Waals surface area (Å²) in [6.07, 6.45) is 0. The largest absolute Gasteiger partial charge is 0.318 e. The van der Waals surface area contributed by atoms with Gasteiger partial charge in [0.15, 0.2) is 0 Å². The van der Waals surface area contributed by atoms with Crippen molar-refractivity contribution in [3.63, 3.8) is 0 Å². The Balaban J connectivity index is 2.19. The first-order chi connectivity index (χ1) is 7.93. The van der Waals surface area contributed by atoms with E-state index in [2.05, 4.69) is 10.6 Å². The number of carbonyl (C=O) groups is 3. The van der Waals surface area contributed by atoms with Gasteiger partial charge in [0.25, 0.3) is 5.91 Å². The minimum atomic E-state index is -0.972. The van der Waals surface area contributed by atoms with E-state index in [4.69, 9.17) is 0 Å². The number of hydrogen-bond donors (Lipinski definition) is 2. The van der Waals surface area contributed by atoms with Crippen LogP contribution in [-0.2, 0) is 14.4 Å². The normalized spacial score (nSPS) is 28.1. The molecule has 0 aliphatic carbocycles. The van der Waals surface area contributed by atoms with E-state index in [1.54, 1.807) is 25.6 Å². The topological polar surface area (TPSA) is 78.5 Å². The molecule has 17 heavy (non-hydrogen) atoms. The molecular formula is C10H15N3O3S. The third-order valence-electron chi connectivity index (χ3n) is 3.07. The van der Waals surface area contributed by atoms with Gasteiger partial charge in [0, 0.05) is 11.6 Å². The molecule has 2 fully saturated rings. The van der Waals surface area contributed by atoms with Crippen LogP contribution < -0.4 is 10.6 Å². The molecule has 0 bridgehead atoms. The Kier molecular flexibility index (Phi) is 3.13. The first kappa shape index (κ1) is 12.4. The monoisotopic (exact) mass is 257 g/mol. The van der Waals surface area contributed by atoms with Crippen molar-refractivity contribution in [1.82, 2.24) is 15.5 Å². The Morgan fingerprint density at radius 2 is 2.18 bits per heavy atom. The summed E-state index contributed by atoms with van der Waals surface area (Å²) in [6.45, 7) is 3.24. The summed E-state index contributed by atoms with van der Waals surface area (Å²) in [7, 11) is 0. The van der Waals surface area contributed by atoms with Gasteiger partial charge < -0.3 is 4.90 Å². The van der Waals surface area contributed by atoms with Crippen molar-refractivity contribution in [2.45, 2.75) is 25.4 Å². The molecular weight excluding hydrogens is 242 g/mol. The molecule has 6 nitrogen and oxygen atoms in total. The molecule has 2 rings (SSSR count). The number of nitrogens with zero attached hydrogens (tertiary/aromatic N) is 1. The third-order valence-corrected chi connectivity index (χ3v) is 4.01. The summed E-state index contributed by atoms with van der Waals surface area (Å²) in [4.78, 5) is 36.6. The van der Waals surface area contributed by atoms with Gasteiger partial charge in [-0.25, -0.2) is 0 Å². The maximum absolute atomic E-state index is 12.2. The van der Waals surface area contributed by atoms with E-state index >= 15 is 0 Å². The van der Waals surface area contributed by atoms with Crippen molar-refractivity contribution >= 4 is 29.5 Å². The number of carbonyl (C=O) groups excluding carboxylic acids is 3. The first-order valence-corrected chi connectivity index (χ1v) is 6.55. The average molecular weight is 257 g/mol. The average Bonchev–Trinajstić information content (AvgIpc) is 2.76. The van der Waals surface area contributed by atoms with E-state index < -0.39 is 17.4 Å². The van der Waals surface area contributed by atoms with E-state index in [9.17, 15) is 14.4 Å². The molecule has 2 heterocycles. The van der Waals surface area contributed by atoms with Crippen LogP contribution in [0.1, 0.15) is 13.8 Å². The summed E-state index contributed by atoms with van der Waals surface area (Å²) >= 11 is 1.63. The maximum atomic E-state index is 12.2. The Morgan fingerprint density at radius 3 is 2.76 bits per heavy atom. The highest BCUT2D eigenvalue weighted by atomic mass is 32.2. The zero-order chi connectivity index (χ0) is 12.6. The number of imide groups is 1. The molecule has 0 spiro atoms. The van der Waals surface area contributed by atoms with Crippen LogP contribution in [0, 0.1) is 0 Å². The fourth-order valence-electron chi connectivity index (χ4n) is 1.88. The van der Waals surface area contributed by atoms with Crippen LogP contribution in [0.2, 0.25) is 0 Å². The first-order valence-electron chi connectivity index (χ1n) is 5.40. The lowest BCUT2D eigenvalue weighted by Crippen LogP contribution is -2.67. The van der Waals surface area contributed by atoms with Crippen molar-refractivity contribution in [3.05, 3.63) is 0 Å². The van der Waals surface area contributed by atoms with E-state index in [0.29, 0.717) is 5.75 Å². The van der Waals surface area contributed by atoms with Crippen molar-refractivity contribution in [2.24, 2.45) is 0 Å². The van der Waals surface area contributed by atoms with Gasteiger partial charge in [-0.1, -0.05) is 0 Å². The molecule has 0 aromatic carbocycles. The quantitative estimate of drug-likeness (QED) is 0.584. The van der Waals surface area contributed by atoms with Crippen molar-refractivity contribution in [3.8, 4) is 0 Å². The smallest absolute Gasteiger partial charge is 0.252 e. The second-order valence-corrected chi connectivity index (χ2v) is 5.66. The van der Waals surface area contributed by atoms with Gasteiger partial charge in [0.2, 0.25) is 11.8 Å². The number of thioether (sulfide) groups is 1. The van der Waals surface area contributed by atoms with Crippen molar-refractivity contribution < 1.29 is 14.4 Å². The summed E-state index contributed by atoms with van der Waals surface area (Å²) in [5.74, 6) is 0.385. The molecule has 2 aliphatic heterocycles. The minimum absolute atomic E-state index is 0.0551. The number of piperazine rings is 1. The van der Waals surface area contributed by atoms with Crippen LogP contribution in [0.15, 0.2) is 0 Å². The maximum Gasteiger partial charge on any atom is 0.252 e. The molecule has 7 heteroatoms. The summed E-state index contributed by atoms with van der Waals surface area (Å²) in [5, 5.41) is 5.30. The number of rotatable bonds is 1. The number of hydrogen-bond acceptors (Lipinski definition) is 5. The Bertz CT molecular complexity index is 377. The molecule has 2 aliphatic rings. The fraction of sp³-hybridized carbons (Fsp3) is 0.700. The number of nitrogens with one attached hydrogen (secondary N) is 2. The van der Waals surface area contributed by atoms with E-state index in [1.807, 2.05) is 0 Å². The van der Waals surface area contributed by atoms with Crippen LogP contribution in [0.25, 0.3) is 0 Å². The number of amides is 3. The van der Waals surface area contributed by atoms with Crippen LogP contribution in [-0.4, -0.2) is 52.4 Å². The lowest BCUT2D eigenvalue weighted by Gasteiger charge is -2.41. The predicted octanol–water partition coefficient (Wildman–Crippen LogP) is -1.09. The molecule has 1 unspecified atom stereocenters. The van der Waals surface area contributed by atoms with Crippen LogP contribution in [0.4, 0.5) is 0 Å². The molecule has 0 aromatic rings. The highest BCUT2D eigenvalue weighted by Gasteiger charge is 2.45. The SMILES string of the molecule is CC1(C)C(=O)NC(=O)CN1C(=O)C1CSCN1. The lowest BCUT2D eigenvalue weighted by molar-refractivity contribution is -0.156. The Hall–Kier alpha value is -1.08. The van der Waals surface area contributed by atoms with E-state index in [0.717, 1.165) is 5.88 Å². The zero-order valence-electron chi connectivity index (χ0n) is 9.78. The molecule has 0 radical (unpaired) electrons. The minimum Gasteiger partial charge on any atom is -0.318 e. The Morgan fingerprint density at radius 1 is 1.47 bits per heavy atom. The van der Waals surface area contributed by atoms with Gasteiger partial charge in [-0.05, 0) is 13.8 Å². The van der Waals surface area contributed by atoms with Gasteiger partial charge in [0.05, 0.1) is 6.04 Å². The van der Waals surface area contributed by atoms with E-state index in [1.165, 1.54) is 4.90 Å². The predicted molar refractivity (Wildman–Crippen MR) is 63.2 cm³/mol. The lowest BCUT2D eigenvalue weighted by atomic mass is 9.97. The molecule has 94 valence electrons.